The highest BCUT2D eigenvalue weighted by molar-refractivity contribution is 8.16. The molecule has 2 amide bonds. The van der Waals surface area contributed by atoms with Crippen LogP contribution >= 0.6 is 23.5 Å². The fourth-order valence-electron chi connectivity index (χ4n) is 1.78. The lowest BCUT2D eigenvalue weighted by Gasteiger charge is -2.21. The molecule has 102 valence electrons. The van der Waals surface area contributed by atoms with Crippen LogP contribution in [0.2, 0.25) is 0 Å². The minimum atomic E-state index is -0.194. The van der Waals surface area contributed by atoms with E-state index in [0.29, 0.717) is 11.1 Å². The van der Waals surface area contributed by atoms with Gasteiger partial charge in [-0.25, -0.2) is 4.79 Å². The Morgan fingerprint density at radius 3 is 2.95 bits per heavy atom. The summed E-state index contributed by atoms with van der Waals surface area (Å²) in [7, 11) is 0. The summed E-state index contributed by atoms with van der Waals surface area (Å²) in [5.41, 5.74) is 2.11. The van der Waals surface area contributed by atoms with Gasteiger partial charge in [0.1, 0.15) is 0 Å². The molecule has 0 unspecified atom stereocenters. The van der Waals surface area contributed by atoms with Gasteiger partial charge in [0.25, 0.3) is 0 Å². The summed E-state index contributed by atoms with van der Waals surface area (Å²) in [5.74, 6) is 2.43. The van der Waals surface area contributed by atoms with E-state index in [2.05, 4.69) is 29.3 Å². The van der Waals surface area contributed by atoms with Gasteiger partial charge in [-0.15, -0.1) is 30.1 Å². The van der Waals surface area contributed by atoms with E-state index >= 15 is 0 Å². The summed E-state index contributed by atoms with van der Waals surface area (Å²) in [6.07, 6.45) is 2.94. The number of amides is 2. The van der Waals surface area contributed by atoms with E-state index in [4.69, 9.17) is 0 Å². The fourth-order valence-corrected chi connectivity index (χ4v) is 4.66. The van der Waals surface area contributed by atoms with Gasteiger partial charge in [0, 0.05) is 12.2 Å². The average Bonchev–Trinajstić information content (AvgIpc) is 2.46. The first-order chi connectivity index (χ1) is 9.29. The number of hydrogen-bond acceptors (Lipinski definition) is 3. The van der Waals surface area contributed by atoms with Crippen LogP contribution in [0.4, 0.5) is 10.5 Å². The van der Waals surface area contributed by atoms with Crippen molar-refractivity contribution >= 4 is 35.2 Å². The Balaban J connectivity index is 1.98. The van der Waals surface area contributed by atoms with E-state index in [1.807, 2.05) is 35.7 Å². The van der Waals surface area contributed by atoms with E-state index in [1.54, 1.807) is 6.08 Å². The number of carbonyl (C=O) groups excluding carboxylic acids is 1. The summed E-state index contributed by atoms with van der Waals surface area (Å²) in [6.45, 7) is 4.04. The van der Waals surface area contributed by atoms with Crippen molar-refractivity contribution in [3.63, 3.8) is 0 Å². The van der Waals surface area contributed by atoms with Crippen molar-refractivity contribution in [3.05, 3.63) is 42.5 Å². The number of carbonyl (C=O) groups is 1. The minimum Gasteiger partial charge on any atom is -0.334 e. The average molecular weight is 294 g/mol. The lowest BCUT2D eigenvalue weighted by atomic mass is 10.2. The second-order valence-corrected chi connectivity index (χ2v) is 6.90. The number of urea groups is 1. The Bertz CT molecular complexity index is 445. The topological polar surface area (TPSA) is 41.1 Å². The van der Waals surface area contributed by atoms with Crippen LogP contribution in [0, 0.1) is 0 Å². The summed E-state index contributed by atoms with van der Waals surface area (Å²) in [5, 5.41) is 5.54. The maximum Gasteiger partial charge on any atom is 0.319 e. The van der Waals surface area contributed by atoms with E-state index in [9.17, 15) is 4.79 Å². The van der Waals surface area contributed by atoms with Crippen molar-refractivity contribution in [2.75, 3.05) is 23.4 Å². The van der Waals surface area contributed by atoms with E-state index in [-0.39, 0.29) is 6.03 Å². The lowest BCUT2D eigenvalue weighted by Crippen LogP contribution is -2.28. The van der Waals surface area contributed by atoms with Gasteiger partial charge in [-0.2, -0.15) is 0 Å². The first kappa shape index (κ1) is 14.3. The second kappa shape index (κ2) is 7.50. The summed E-state index contributed by atoms with van der Waals surface area (Å²) >= 11 is 3.96. The highest BCUT2D eigenvalue weighted by Crippen LogP contribution is 2.43. The van der Waals surface area contributed by atoms with Crippen molar-refractivity contribution in [1.82, 2.24) is 5.32 Å². The van der Waals surface area contributed by atoms with Gasteiger partial charge >= 0.3 is 6.03 Å². The van der Waals surface area contributed by atoms with Crippen molar-refractivity contribution in [1.29, 1.82) is 0 Å². The minimum absolute atomic E-state index is 0.194. The smallest absolute Gasteiger partial charge is 0.319 e. The van der Waals surface area contributed by atoms with Crippen LogP contribution in [0.5, 0.6) is 0 Å². The van der Waals surface area contributed by atoms with Crippen LogP contribution in [-0.2, 0) is 0 Å². The van der Waals surface area contributed by atoms with Crippen LogP contribution < -0.4 is 10.6 Å². The zero-order chi connectivity index (χ0) is 13.5. The Labute approximate surface area is 122 Å². The number of nitrogens with one attached hydrogen (secondary N) is 2. The first-order valence-electron chi connectivity index (χ1n) is 6.28. The third-order valence-electron chi connectivity index (χ3n) is 2.65. The molecule has 0 atom stereocenters. The van der Waals surface area contributed by atoms with Crippen LogP contribution in [0.1, 0.15) is 16.6 Å². The predicted octanol–water partition coefficient (Wildman–Crippen LogP) is 3.86. The maximum atomic E-state index is 11.6. The number of thioether (sulfide) groups is 2. The van der Waals surface area contributed by atoms with Gasteiger partial charge in [0.15, 0.2) is 0 Å². The molecular weight excluding hydrogens is 276 g/mol. The van der Waals surface area contributed by atoms with Gasteiger partial charge in [-0.1, -0.05) is 18.2 Å². The fraction of sp³-hybridized carbons (Fsp3) is 0.357. The Morgan fingerprint density at radius 1 is 1.42 bits per heavy atom. The molecule has 3 nitrogen and oxygen atoms in total. The van der Waals surface area contributed by atoms with Crippen molar-refractivity contribution in [3.8, 4) is 0 Å². The molecule has 0 aliphatic carbocycles. The molecule has 2 rings (SSSR count). The molecule has 1 aromatic rings. The number of benzene rings is 1. The molecule has 1 aromatic carbocycles. The number of hydrogen-bond donors (Lipinski definition) is 2. The third kappa shape index (κ3) is 4.51. The van der Waals surface area contributed by atoms with Gasteiger partial charge in [0.2, 0.25) is 0 Å². The first-order valence-corrected chi connectivity index (χ1v) is 8.38. The van der Waals surface area contributed by atoms with E-state index < -0.39 is 0 Å². The number of anilines is 1. The molecule has 1 fully saturated rings. The van der Waals surface area contributed by atoms with Crippen molar-refractivity contribution in [2.45, 2.75) is 11.0 Å². The molecule has 0 bridgehead atoms. The molecule has 19 heavy (non-hydrogen) atoms. The molecule has 0 spiro atoms. The van der Waals surface area contributed by atoms with Gasteiger partial charge in [-0.3, -0.25) is 0 Å². The van der Waals surface area contributed by atoms with Gasteiger partial charge in [0.05, 0.1) is 4.58 Å². The second-order valence-electron chi connectivity index (χ2n) is 4.18. The highest BCUT2D eigenvalue weighted by Gasteiger charge is 2.16. The zero-order valence-electron chi connectivity index (χ0n) is 10.7. The molecule has 0 radical (unpaired) electrons. The van der Waals surface area contributed by atoms with Crippen LogP contribution in [-0.4, -0.2) is 24.1 Å². The van der Waals surface area contributed by atoms with Crippen LogP contribution in [0.15, 0.2) is 36.9 Å². The normalized spacial score (nSPS) is 15.8. The molecule has 2 N–H and O–H groups in total. The molecule has 0 aromatic heterocycles. The lowest BCUT2D eigenvalue weighted by molar-refractivity contribution is 0.253. The molecule has 0 saturated carbocycles. The summed E-state index contributed by atoms with van der Waals surface area (Å²) in [6, 6.07) is 7.90. The molecule has 1 saturated heterocycles. The van der Waals surface area contributed by atoms with Crippen molar-refractivity contribution < 1.29 is 4.79 Å². The standard InChI is InChI=1S/C14H18N2OS2/c1-2-7-15-14(17)16-12-6-3-5-11(10-12)13-18-8-4-9-19-13/h2-3,5-6,10,13H,1,4,7-9H2,(H2,15,16,17). The van der Waals surface area contributed by atoms with Crippen LogP contribution in [0.25, 0.3) is 0 Å². The quantitative estimate of drug-likeness (QED) is 0.828. The van der Waals surface area contributed by atoms with E-state index in [1.165, 1.54) is 23.5 Å². The predicted molar refractivity (Wildman–Crippen MR) is 85.9 cm³/mol. The maximum absolute atomic E-state index is 11.6. The largest absolute Gasteiger partial charge is 0.334 e. The highest BCUT2D eigenvalue weighted by atomic mass is 32.2. The molecule has 1 aliphatic heterocycles. The monoisotopic (exact) mass is 294 g/mol. The van der Waals surface area contributed by atoms with Crippen molar-refractivity contribution in [2.24, 2.45) is 0 Å². The summed E-state index contributed by atoms with van der Waals surface area (Å²) in [4.78, 5) is 11.6. The molecule has 1 aliphatic rings. The Hall–Kier alpha value is -1.07. The zero-order valence-corrected chi connectivity index (χ0v) is 12.4. The Kier molecular flexibility index (Phi) is 5.66. The molecular formula is C14H18N2OS2. The van der Waals surface area contributed by atoms with Gasteiger partial charge < -0.3 is 10.6 Å². The summed E-state index contributed by atoms with van der Waals surface area (Å²) < 4.78 is 0.492. The Morgan fingerprint density at radius 2 is 2.21 bits per heavy atom. The SMILES string of the molecule is C=CCNC(=O)Nc1cccc(C2SCCCS2)c1. The van der Waals surface area contributed by atoms with Gasteiger partial charge in [-0.05, 0) is 35.6 Å². The van der Waals surface area contributed by atoms with E-state index in [0.717, 1.165) is 5.69 Å². The molecule has 1 heterocycles. The number of rotatable bonds is 4. The van der Waals surface area contributed by atoms with Crippen LogP contribution in [0.3, 0.4) is 0 Å². The third-order valence-corrected chi connectivity index (χ3v) is 5.67. The molecule has 5 heteroatoms.